The molecule has 0 heterocycles. The summed E-state index contributed by atoms with van der Waals surface area (Å²) in [4.78, 5) is 24.2. The van der Waals surface area contributed by atoms with Crippen molar-refractivity contribution in [3.63, 3.8) is 0 Å². The largest absolute Gasteiger partial charge is 0.493 e. The predicted octanol–water partition coefficient (Wildman–Crippen LogP) is 3.00. The van der Waals surface area contributed by atoms with Gasteiger partial charge in [0.05, 0.1) is 20.1 Å². The molecule has 0 aliphatic heterocycles. The lowest BCUT2D eigenvalue weighted by Crippen LogP contribution is -2.25. The first-order valence-corrected chi connectivity index (χ1v) is 8.62. The highest BCUT2D eigenvalue weighted by atomic mass is 16.5. The minimum absolute atomic E-state index is 0.108. The zero-order valence-electron chi connectivity index (χ0n) is 14.7. The molecule has 3 rings (SSSR count). The van der Waals surface area contributed by atoms with Gasteiger partial charge in [0.2, 0.25) is 5.91 Å². The van der Waals surface area contributed by atoms with Gasteiger partial charge in [0.15, 0.2) is 11.5 Å². The maximum absolute atomic E-state index is 12.1. The van der Waals surface area contributed by atoms with Crippen molar-refractivity contribution in [3.05, 3.63) is 54.1 Å². The number of hydrogen-bond acceptors (Lipinski definition) is 4. The van der Waals surface area contributed by atoms with Gasteiger partial charge in [-0.15, -0.1) is 0 Å². The van der Waals surface area contributed by atoms with Crippen LogP contribution in [0, 0.1) is 0 Å². The number of nitrogens with one attached hydrogen (secondary N) is 2. The molecule has 26 heavy (non-hydrogen) atoms. The second-order valence-corrected chi connectivity index (χ2v) is 6.13. The molecule has 1 aliphatic rings. The van der Waals surface area contributed by atoms with Crippen molar-refractivity contribution < 1.29 is 19.1 Å². The Kier molecular flexibility index (Phi) is 5.73. The number of methoxy groups -OCH3 is 1. The highest BCUT2D eigenvalue weighted by molar-refractivity contribution is 5.97. The van der Waals surface area contributed by atoms with Gasteiger partial charge in [-0.2, -0.15) is 0 Å². The number of hydrogen-bond donors (Lipinski definition) is 2. The highest BCUT2D eigenvalue weighted by Gasteiger charge is 2.23. The molecule has 0 spiro atoms. The Hall–Kier alpha value is -3.02. The zero-order valence-corrected chi connectivity index (χ0v) is 14.7. The third-order valence-corrected chi connectivity index (χ3v) is 3.98. The lowest BCUT2D eigenvalue weighted by molar-refractivity contribution is -0.116. The molecular formula is C20H22N2O4. The quantitative estimate of drug-likeness (QED) is 0.764. The van der Waals surface area contributed by atoms with Crippen LogP contribution in [0.3, 0.4) is 0 Å². The fraction of sp³-hybridized carbons (Fsp3) is 0.300. The topological polar surface area (TPSA) is 76.7 Å². The first kappa shape index (κ1) is 17.8. The van der Waals surface area contributed by atoms with Gasteiger partial charge in [0.25, 0.3) is 5.91 Å². The molecule has 2 amide bonds. The molecule has 0 radical (unpaired) electrons. The van der Waals surface area contributed by atoms with Gasteiger partial charge in [0.1, 0.15) is 0 Å². The van der Waals surface area contributed by atoms with Crippen LogP contribution in [0.5, 0.6) is 11.5 Å². The summed E-state index contributed by atoms with van der Waals surface area (Å²) in [6.07, 6.45) is 2.26. The molecule has 1 fully saturated rings. The number of carbonyl (C=O) groups is 2. The van der Waals surface area contributed by atoms with Crippen molar-refractivity contribution in [1.29, 1.82) is 0 Å². The van der Waals surface area contributed by atoms with E-state index in [1.165, 1.54) is 0 Å². The summed E-state index contributed by atoms with van der Waals surface area (Å²) in [5, 5.41) is 5.72. The Morgan fingerprint density at radius 1 is 1.08 bits per heavy atom. The van der Waals surface area contributed by atoms with Crippen LogP contribution in [0.15, 0.2) is 48.5 Å². The minimum Gasteiger partial charge on any atom is -0.493 e. The third-order valence-electron chi connectivity index (χ3n) is 3.98. The van der Waals surface area contributed by atoms with Crippen molar-refractivity contribution >= 4 is 17.5 Å². The van der Waals surface area contributed by atoms with E-state index in [0.29, 0.717) is 28.8 Å². The maximum Gasteiger partial charge on any atom is 0.251 e. The van der Waals surface area contributed by atoms with Crippen molar-refractivity contribution in [2.24, 2.45) is 0 Å². The van der Waals surface area contributed by atoms with Crippen molar-refractivity contribution in [2.75, 3.05) is 19.0 Å². The van der Waals surface area contributed by atoms with Crippen LogP contribution >= 0.6 is 0 Å². The number of para-hydroxylation sites is 2. The molecule has 0 unspecified atom stereocenters. The van der Waals surface area contributed by atoms with E-state index in [9.17, 15) is 9.59 Å². The van der Waals surface area contributed by atoms with Crippen LogP contribution in [0.4, 0.5) is 5.69 Å². The van der Waals surface area contributed by atoms with Crippen LogP contribution < -0.4 is 20.1 Å². The molecule has 1 aliphatic carbocycles. The number of carbonyl (C=O) groups excluding carboxylic acids is 2. The van der Waals surface area contributed by atoms with E-state index in [0.717, 1.165) is 12.8 Å². The first-order chi connectivity index (χ1) is 12.7. The molecule has 0 aromatic heterocycles. The summed E-state index contributed by atoms with van der Waals surface area (Å²) in [5.41, 5.74) is 1.13. The summed E-state index contributed by atoms with van der Waals surface area (Å²) >= 11 is 0. The van der Waals surface area contributed by atoms with Crippen LogP contribution in [-0.4, -0.2) is 31.6 Å². The highest BCUT2D eigenvalue weighted by Crippen LogP contribution is 2.25. The van der Waals surface area contributed by atoms with Crippen molar-refractivity contribution in [3.8, 4) is 11.5 Å². The lowest BCUT2D eigenvalue weighted by atomic mass is 10.2. The number of benzene rings is 2. The van der Waals surface area contributed by atoms with Crippen molar-refractivity contribution in [2.45, 2.75) is 25.3 Å². The molecule has 136 valence electrons. The summed E-state index contributed by atoms with van der Waals surface area (Å²) in [6.45, 7) is 0.230. The van der Waals surface area contributed by atoms with E-state index < -0.39 is 0 Å². The van der Waals surface area contributed by atoms with E-state index in [1.807, 2.05) is 12.1 Å². The Morgan fingerprint density at radius 3 is 2.58 bits per heavy atom. The Bertz CT molecular complexity index is 787. The first-order valence-electron chi connectivity index (χ1n) is 8.62. The second-order valence-electron chi connectivity index (χ2n) is 6.13. The van der Waals surface area contributed by atoms with E-state index in [4.69, 9.17) is 9.47 Å². The van der Waals surface area contributed by atoms with Crippen LogP contribution in [0.1, 0.15) is 29.6 Å². The summed E-state index contributed by atoms with van der Waals surface area (Å²) in [6, 6.07) is 14.5. The molecule has 0 saturated heterocycles. The smallest absolute Gasteiger partial charge is 0.251 e. The molecule has 0 atom stereocenters. The summed E-state index contributed by atoms with van der Waals surface area (Å²) < 4.78 is 10.8. The van der Waals surface area contributed by atoms with Gasteiger partial charge in [-0.05, 0) is 43.2 Å². The van der Waals surface area contributed by atoms with Gasteiger partial charge in [-0.25, -0.2) is 0 Å². The number of ether oxygens (including phenoxy) is 2. The summed E-state index contributed by atoms with van der Waals surface area (Å²) in [7, 11) is 1.57. The second kappa shape index (κ2) is 8.38. The van der Waals surface area contributed by atoms with Gasteiger partial charge < -0.3 is 20.1 Å². The molecule has 2 N–H and O–H groups in total. The molecular weight excluding hydrogens is 332 g/mol. The maximum atomic E-state index is 12.1. The molecule has 6 nitrogen and oxygen atoms in total. The van der Waals surface area contributed by atoms with Gasteiger partial charge in [0, 0.05) is 17.3 Å². The predicted molar refractivity (Wildman–Crippen MR) is 98.7 cm³/mol. The molecule has 2 aromatic carbocycles. The molecule has 0 bridgehead atoms. The van der Waals surface area contributed by atoms with Crippen molar-refractivity contribution in [1.82, 2.24) is 5.32 Å². The van der Waals surface area contributed by atoms with Gasteiger partial charge in [-0.1, -0.05) is 18.2 Å². The van der Waals surface area contributed by atoms with Crippen LogP contribution in [0.2, 0.25) is 0 Å². The minimum atomic E-state index is -0.181. The number of rotatable bonds is 8. The Balaban J connectivity index is 1.49. The van der Waals surface area contributed by atoms with Gasteiger partial charge >= 0.3 is 0 Å². The zero-order chi connectivity index (χ0) is 18.4. The summed E-state index contributed by atoms with van der Waals surface area (Å²) in [5.74, 6) is 0.937. The fourth-order valence-electron chi connectivity index (χ4n) is 2.45. The average Bonchev–Trinajstić information content (AvgIpc) is 3.46. The number of anilines is 1. The fourth-order valence-corrected chi connectivity index (χ4v) is 2.45. The van der Waals surface area contributed by atoms with E-state index in [-0.39, 0.29) is 24.8 Å². The Labute approximate surface area is 152 Å². The third kappa shape index (κ3) is 4.99. The monoisotopic (exact) mass is 354 g/mol. The SMILES string of the molecule is COc1ccccc1OCCC(=O)Nc1cccc(C(=O)NC2CC2)c1. The molecule has 2 aromatic rings. The van der Waals surface area contributed by atoms with E-state index in [2.05, 4.69) is 10.6 Å². The Morgan fingerprint density at radius 2 is 1.85 bits per heavy atom. The molecule has 6 heteroatoms. The standard InChI is InChI=1S/C20H22N2O4/c1-25-17-7-2-3-8-18(17)26-12-11-19(23)21-16-6-4-5-14(13-16)20(24)22-15-9-10-15/h2-8,13,15H,9-12H2,1H3,(H,21,23)(H,22,24). The van der Waals surface area contributed by atoms with E-state index >= 15 is 0 Å². The average molecular weight is 354 g/mol. The lowest BCUT2D eigenvalue weighted by Gasteiger charge is -2.11. The van der Waals surface area contributed by atoms with Crippen LogP contribution in [0.25, 0.3) is 0 Å². The number of amides is 2. The van der Waals surface area contributed by atoms with Gasteiger partial charge in [-0.3, -0.25) is 9.59 Å². The normalized spacial score (nSPS) is 13.0. The van der Waals surface area contributed by atoms with E-state index in [1.54, 1.807) is 43.5 Å². The van der Waals surface area contributed by atoms with Crippen LogP contribution in [-0.2, 0) is 4.79 Å². The molecule has 1 saturated carbocycles.